The summed E-state index contributed by atoms with van der Waals surface area (Å²) in [5, 5.41) is 0. The number of amides is 1. The third kappa shape index (κ3) is 6.28. The fraction of sp³-hybridized carbons (Fsp3) is 0.750. The second-order valence-electron chi connectivity index (χ2n) is 4.92. The predicted octanol–water partition coefficient (Wildman–Crippen LogP) is 1.93. The van der Waals surface area contributed by atoms with E-state index >= 15 is 0 Å². The van der Waals surface area contributed by atoms with Crippen molar-refractivity contribution in [1.29, 1.82) is 0 Å². The highest BCUT2D eigenvalue weighted by Gasteiger charge is 2.18. The third-order valence-corrected chi connectivity index (χ3v) is 2.25. The van der Waals surface area contributed by atoms with E-state index in [1.807, 2.05) is 32.6 Å². The Labute approximate surface area is 93.3 Å². The van der Waals surface area contributed by atoms with Gasteiger partial charge in [-0.1, -0.05) is 6.08 Å². The largest absolute Gasteiger partial charge is 0.337 e. The molecule has 2 N–H and O–H groups in total. The van der Waals surface area contributed by atoms with Crippen molar-refractivity contribution in [3.05, 3.63) is 12.7 Å². The summed E-state index contributed by atoms with van der Waals surface area (Å²) in [6.07, 6.45) is 2.98. The molecule has 0 aliphatic heterocycles. The summed E-state index contributed by atoms with van der Waals surface area (Å²) < 4.78 is 0. The summed E-state index contributed by atoms with van der Waals surface area (Å²) in [6.45, 7) is 12.2. The van der Waals surface area contributed by atoms with Gasteiger partial charge >= 0.3 is 0 Å². The van der Waals surface area contributed by atoms with E-state index in [-0.39, 0.29) is 17.5 Å². The maximum atomic E-state index is 11.8. The van der Waals surface area contributed by atoms with Gasteiger partial charge in [0.05, 0.1) is 0 Å². The molecular formula is C12H24N2O. The molecule has 0 saturated heterocycles. The van der Waals surface area contributed by atoms with E-state index in [2.05, 4.69) is 6.58 Å². The van der Waals surface area contributed by atoms with Gasteiger partial charge in [0.15, 0.2) is 0 Å². The Kier molecular flexibility index (Phi) is 5.58. The Morgan fingerprint density at radius 2 is 2.07 bits per heavy atom. The zero-order valence-electron chi connectivity index (χ0n) is 10.4. The molecule has 0 aliphatic carbocycles. The van der Waals surface area contributed by atoms with E-state index in [1.54, 1.807) is 6.08 Å². The first-order valence-corrected chi connectivity index (χ1v) is 5.47. The van der Waals surface area contributed by atoms with Crippen LogP contribution in [0.5, 0.6) is 0 Å². The molecule has 0 unspecified atom stereocenters. The van der Waals surface area contributed by atoms with Crippen LogP contribution in [0.15, 0.2) is 12.7 Å². The summed E-state index contributed by atoms with van der Waals surface area (Å²) in [5.41, 5.74) is 5.57. The monoisotopic (exact) mass is 212 g/mol. The van der Waals surface area contributed by atoms with Gasteiger partial charge in [0.1, 0.15) is 0 Å². The SMILES string of the molecule is C=CCN(C(=O)CCC(C)(C)N)C(C)C. The van der Waals surface area contributed by atoms with Gasteiger partial charge in [0, 0.05) is 24.5 Å². The average Bonchev–Trinajstić information content (AvgIpc) is 2.08. The van der Waals surface area contributed by atoms with Crippen LogP contribution >= 0.6 is 0 Å². The van der Waals surface area contributed by atoms with Crippen LogP contribution in [0.2, 0.25) is 0 Å². The van der Waals surface area contributed by atoms with E-state index < -0.39 is 0 Å². The van der Waals surface area contributed by atoms with Gasteiger partial charge < -0.3 is 10.6 Å². The molecule has 0 atom stereocenters. The molecule has 15 heavy (non-hydrogen) atoms. The molecule has 0 aromatic carbocycles. The first-order valence-electron chi connectivity index (χ1n) is 5.47. The maximum Gasteiger partial charge on any atom is 0.223 e. The van der Waals surface area contributed by atoms with Gasteiger partial charge in [-0.2, -0.15) is 0 Å². The summed E-state index contributed by atoms with van der Waals surface area (Å²) >= 11 is 0. The second-order valence-corrected chi connectivity index (χ2v) is 4.92. The lowest BCUT2D eigenvalue weighted by Gasteiger charge is -2.27. The maximum absolute atomic E-state index is 11.8. The quantitative estimate of drug-likeness (QED) is 0.684. The predicted molar refractivity (Wildman–Crippen MR) is 64.5 cm³/mol. The number of carbonyl (C=O) groups is 1. The Balaban J connectivity index is 4.21. The van der Waals surface area contributed by atoms with Crippen molar-refractivity contribution in [2.24, 2.45) is 5.73 Å². The fourth-order valence-corrected chi connectivity index (χ4v) is 1.31. The molecule has 88 valence electrons. The lowest BCUT2D eigenvalue weighted by molar-refractivity contribution is -0.132. The van der Waals surface area contributed by atoms with Crippen molar-refractivity contribution in [1.82, 2.24) is 4.90 Å². The fourth-order valence-electron chi connectivity index (χ4n) is 1.31. The molecule has 3 nitrogen and oxygen atoms in total. The van der Waals surface area contributed by atoms with E-state index in [0.29, 0.717) is 19.4 Å². The highest BCUT2D eigenvalue weighted by molar-refractivity contribution is 5.76. The van der Waals surface area contributed by atoms with Crippen molar-refractivity contribution < 1.29 is 4.79 Å². The molecule has 0 aliphatic rings. The highest BCUT2D eigenvalue weighted by atomic mass is 16.2. The molecule has 0 aromatic rings. The molecular weight excluding hydrogens is 188 g/mol. The van der Waals surface area contributed by atoms with E-state index in [9.17, 15) is 4.79 Å². The van der Waals surface area contributed by atoms with Crippen LogP contribution in [0.25, 0.3) is 0 Å². The molecule has 0 radical (unpaired) electrons. The summed E-state index contributed by atoms with van der Waals surface area (Å²) in [7, 11) is 0. The lowest BCUT2D eigenvalue weighted by atomic mass is 9.99. The van der Waals surface area contributed by atoms with Gasteiger partial charge in [-0.3, -0.25) is 4.79 Å². The van der Waals surface area contributed by atoms with E-state index in [0.717, 1.165) is 0 Å². The van der Waals surface area contributed by atoms with Crippen molar-refractivity contribution in [3.8, 4) is 0 Å². The van der Waals surface area contributed by atoms with Gasteiger partial charge in [0.25, 0.3) is 0 Å². The Morgan fingerprint density at radius 1 is 1.53 bits per heavy atom. The average molecular weight is 212 g/mol. The number of nitrogens with two attached hydrogens (primary N) is 1. The first-order chi connectivity index (χ1) is 6.78. The van der Waals surface area contributed by atoms with Gasteiger partial charge in [0.2, 0.25) is 5.91 Å². The van der Waals surface area contributed by atoms with Crippen molar-refractivity contribution >= 4 is 5.91 Å². The third-order valence-electron chi connectivity index (χ3n) is 2.25. The topological polar surface area (TPSA) is 46.3 Å². The minimum Gasteiger partial charge on any atom is -0.337 e. The van der Waals surface area contributed by atoms with Crippen LogP contribution in [-0.4, -0.2) is 28.9 Å². The molecule has 0 rings (SSSR count). The molecule has 0 aromatic heterocycles. The molecule has 0 fully saturated rings. The smallest absolute Gasteiger partial charge is 0.223 e. The number of hydrogen-bond donors (Lipinski definition) is 1. The minimum absolute atomic E-state index is 0.156. The zero-order chi connectivity index (χ0) is 12.1. The zero-order valence-corrected chi connectivity index (χ0v) is 10.4. The van der Waals surface area contributed by atoms with Crippen LogP contribution in [0, 0.1) is 0 Å². The van der Waals surface area contributed by atoms with Crippen LogP contribution in [0.1, 0.15) is 40.5 Å². The molecule has 0 saturated carbocycles. The number of nitrogens with zero attached hydrogens (tertiary/aromatic N) is 1. The van der Waals surface area contributed by atoms with Crippen molar-refractivity contribution in [2.45, 2.75) is 52.1 Å². The highest BCUT2D eigenvalue weighted by Crippen LogP contribution is 2.10. The summed E-state index contributed by atoms with van der Waals surface area (Å²) in [4.78, 5) is 13.7. The van der Waals surface area contributed by atoms with Gasteiger partial charge in [-0.25, -0.2) is 0 Å². The van der Waals surface area contributed by atoms with Gasteiger partial charge in [-0.15, -0.1) is 6.58 Å². The molecule has 1 amide bonds. The standard InChI is InChI=1S/C12H24N2O/c1-6-9-14(10(2)3)11(15)7-8-12(4,5)13/h6,10H,1,7-9,13H2,2-5H3. The normalized spacial score (nSPS) is 11.6. The van der Waals surface area contributed by atoms with Crippen LogP contribution in [0.3, 0.4) is 0 Å². The summed E-state index contributed by atoms with van der Waals surface area (Å²) in [6, 6.07) is 0.219. The first kappa shape index (κ1) is 14.2. The van der Waals surface area contributed by atoms with Crippen LogP contribution < -0.4 is 5.73 Å². The molecule has 3 heteroatoms. The Hall–Kier alpha value is -0.830. The number of rotatable bonds is 6. The van der Waals surface area contributed by atoms with Crippen molar-refractivity contribution in [3.63, 3.8) is 0 Å². The second kappa shape index (κ2) is 5.91. The Morgan fingerprint density at radius 3 is 2.40 bits per heavy atom. The molecule has 0 heterocycles. The minimum atomic E-state index is -0.271. The Bertz CT molecular complexity index is 216. The molecule has 0 spiro atoms. The lowest BCUT2D eigenvalue weighted by Crippen LogP contribution is -2.39. The van der Waals surface area contributed by atoms with E-state index in [1.165, 1.54) is 0 Å². The number of hydrogen-bond acceptors (Lipinski definition) is 2. The molecule has 0 bridgehead atoms. The number of carbonyl (C=O) groups excluding carboxylic acids is 1. The van der Waals surface area contributed by atoms with E-state index in [4.69, 9.17) is 5.73 Å². The van der Waals surface area contributed by atoms with Gasteiger partial charge in [-0.05, 0) is 34.1 Å². The van der Waals surface area contributed by atoms with Crippen LogP contribution in [0.4, 0.5) is 0 Å². The summed E-state index contributed by atoms with van der Waals surface area (Å²) in [5.74, 6) is 0.156. The van der Waals surface area contributed by atoms with Crippen LogP contribution in [-0.2, 0) is 4.79 Å². The van der Waals surface area contributed by atoms with Crippen molar-refractivity contribution in [2.75, 3.05) is 6.54 Å².